The van der Waals surface area contributed by atoms with Crippen LogP contribution in [0.4, 0.5) is 5.69 Å². The summed E-state index contributed by atoms with van der Waals surface area (Å²) < 4.78 is 30.5. The van der Waals surface area contributed by atoms with Gasteiger partial charge in [-0.15, -0.1) is 0 Å². The zero-order valence-electron chi connectivity index (χ0n) is 16.5. The van der Waals surface area contributed by atoms with E-state index in [4.69, 9.17) is 5.11 Å². The van der Waals surface area contributed by atoms with Gasteiger partial charge in [0.2, 0.25) is 0 Å². The second-order valence-corrected chi connectivity index (χ2v) is 8.82. The predicted octanol–water partition coefficient (Wildman–Crippen LogP) is 4.63. The summed E-state index contributed by atoms with van der Waals surface area (Å²) in [6, 6.07) is 19.9. The monoisotopic (exact) mass is 422 g/mol. The minimum absolute atomic E-state index is 0.00965. The first-order valence-corrected chi connectivity index (χ1v) is 11.2. The number of carboxylic acids is 1. The lowest BCUT2D eigenvalue weighted by Gasteiger charge is -2.10. The fraction of sp³-hybridized carbons (Fsp3) is 0.174. The number of nitrogens with zero attached hydrogens (tertiary/aromatic N) is 1. The summed E-state index contributed by atoms with van der Waals surface area (Å²) in [5.74, 6) is -0.881. The molecule has 0 bridgehead atoms. The van der Waals surface area contributed by atoms with Gasteiger partial charge in [0, 0.05) is 40.5 Å². The molecule has 0 saturated carbocycles. The molecule has 2 N–H and O–H groups in total. The molecule has 4 aromatic rings. The molecule has 0 aliphatic heterocycles. The first kappa shape index (κ1) is 20.0. The minimum atomic E-state index is -3.76. The fourth-order valence-electron chi connectivity index (χ4n) is 3.76. The molecule has 154 valence electrons. The van der Waals surface area contributed by atoms with Crippen LogP contribution in [0.25, 0.3) is 21.8 Å². The van der Waals surface area contributed by atoms with Crippen molar-refractivity contribution in [3.63, 3.8) is 0 Å². The number of benzene rings is 3. The first-order valence-electron chi connectivity index (χ1n) is 9.73. The average Bonchev–Trinajstić information content (AvgIpc) is 3.05. The number of anilines is 1. The number of para-hydroxylation sites is 1. The van der Waals surface area contributed by atoms with Gasteiger partial charge in [-0.3, -0.25) is 9.52 Å². The van der Waals surface area contributed by atoms with Gasteiger partial charge >= 0.3 is 5.97 Å². The third kappa shape index (κ3) is 3.76. The van der Waals surface area contributed by atoms with Gasteiger partial charge in [-0.1, -0.05) is 30.3 Å². The molecule has 0 atom stereocenters. The number of carboxylic acid groups (broad SMARTS) is 1. The van der Waals surface area contributed by atoms with Crippen molar-refractivity contribution in [1.29, 1.82) is 0 Å². The molecule has 0 saturated heterocycles. The van der Waals surface area contributed by atoms with Gasteiger partial charge in [-0.2, -0.15) is 0 Å². The summed E-state index contributed by atoms with van der Waals surface area (Å²) in [6.07, 6.45) is 0.372. The Labute approximate surface area is 174 Å². The number of hydrogen-bond donors (Lipinski definition) is 2. The Morgan fingerprint density at radius 1 is 0.967 bits per heavy atom. The number of aliphatic carboxylic acids is 1. The van der Waals surface area contributed by atoms with Crippen molar-refractivity contribution in [2.45, 2.75) is 31.2 Å². The third-order valence-corrected chi connectivity index (χ3v) is 6.60. The Morgan fingerprint density at radius 3 is 2.37 bits per heavy atom. The topological polar surface area (TPSA) is 88.4 Å². The molecular weight excluding hydrogens is 400 g/mol. The molecule has 7 heteroatoms. The molecular formula is C23H22N2O4S. The van der Waals surface area contributed by atoms with Crippen LogP contribution in [0.1, 0.15) is 18.9 Å². The maximum absolute atomic E-state index is 12.8. The van der Waals surface area contributed by atoms with Crippen LogP contribution in [0.5, 0.6) is 0 Å². The van der Waals surface area contributed by atoms with E-state index >= 15 is 0 Å². The molecule has 0 amide bonds. The van der Waals surface area contributed by atoms with Gasteiger partial charge in [-0.25, -0.2) is 8.42 Å². The zero-order chi connectivity index (χ0) is 21.3. The van der Waals surface area contributed by atoms with Crippen molar-refractivity contribution in [3.8, 4) is 0 Å². The van der Waals surface area contributed by atoms with Crippen LogP contribution >= 0.6 is 0 Å². The number of aromatic nitrogens is 1. The molecule has 0 spiro atoms. The highest BCUT2D eigenvalue weighted by Crippen LogP contribution is 2.31. The summed E-state index contributed by atoms with van der Waals surface area (Å²) in [7, 11) is -3.76. The maximum atomic E-state index is 12.8. The number of sulfonamides is 1. The smallest absolute Gasteiger partial charge is 0.303 e. The van der Waals surface area contributed by atoms with E-state index in [0.29, 0.717) is 12.1 Å². The van der Waals surface area contributed by atoms with Crippen LogP contribution in [0.3, 0.4) is 0 Å². The molecule has 1 aromatic heterocycles. The lowest BCUT2D eigenvalue weighted by molar-refractivity contribution is -0.136. The third-order valence-electron chi connectivity index (χ3n) is 5.20. The highest BCUT2D eigenvalue weighted by atomic mass is 32.2. The standard InChI is InChI=1S/C23H22N2O4S/c1-2-25-21-6-4-3-5-19(21)20-15-17(10-13-22(20)25)24-30(28,29)18-11-7-16(8-12-18)9-14-23(26)27/h3-8,10-13,15,24H,2,9,14H2,1H3,(H,26,27). The van der Waals surface area contributed by atoms with E-state index in [2.05, 4.69) is 22.3 Å². The summed E-state index contributed by atoms with van der Waals surface area (Å²) in [5.41, 5.74) is 3.46. The van der Waals surface area contributed by atoms with Crippen molar-refractivity contribution >= 4 is 43.5 Å². The van der Waals surface area contributed by atoms with Crippen molar-refractivity contribution in [1.82, 2.24) is 4.57 Å². The van der Waals surface area contributed by atoms with E-state index < -0.39 is 16.0 Å². The van der Waals surface area contributed by atoms with Crippen LogP contribution in [0.15, 0.2) is 71.6 Å². The summed E-state index contributed by atoms with van der Waals surface area (Å²) in [6.45, 7) is 2.91. The average molecular weight is 423 g/mol. The second-order valence-electron chi connectivity index (χ2n) is 7.14. The highest BCUT2D eigenvalue weighted by molar-refractivity contribution is 7.92. The highest BCUT2D eigenvalue weighted by Gasteiger charge is 2.16. The number of hydrogen-bond acceptors (Lipinski definition) is 3. The van der Waals surface area contributed by atoms with Crippen molar-refractivity contribution in [2.24, 2.45) is 0 Å². The molecule has 3 aromatic carbocycles. The largest absolute Gasteiger partial charge is 0.481 e. The van der Waals surface area contributed by atoms with E-state index in [1.807, 2.05) is 30.3 Å². The van der Waals surface area contributed by atoms with E-state index in [-0.39, 0.29) is 11.3 Å². The lowest BCUT2D eigenvalue weighted by atomic mass is 10.1. The molecule has 4 rings (SSSR count). The summed E-state index contributed by atoms with van der Waals surface area (Å²) in [4.78, 5) is 10.8. The van der Waals surface area contributed by atoms with Gasteiger partial charge in [0.1, 0.15) is 0 Å². The molecule has 30 heavy (non-hydrogen) atoms. The fourth-order valence-corrected chi connectivity index (χ4v) is 4.81. The van der Waals surface area contributed by atoms with Crippen molar-refractivity contribution in [3.05, 3.63) is 72.3 Å². The van der Waals surface area contributed by atoms with Gasteiger partial charge in [0.25, 0.3) is 10.0 Å². The van der Waals surface area contributed by atoms with Crippen LogP contribution in [0.2, 0.25) is 0 Å². The Balaban J connectivity index is 1.64. The molecule has 1 heterocycles. The van der Waals surface area contributed by atoms with Gasteiger partial charge < -0.3 is 9.67 Å². The maximum Gasteiger partial charge on any atom is 0.303 e. The Bertz CT molecular complexity index is 1340. The zero-order valence-corrected chi connectivity index (χ0v) is 17.3. The predicted molar refractivity (Wildman–Crippen MR) is 118 cm³/mol. The van der Waals surface area contributed by atoms with Crippen LogP contribution in [-0.2, 0) is 27.8 Å². The number of aryl methyl sites for hydroxylation is 2. The second kappa shape index (κ2) is 7.84. The molecule has 0 unspecified atom stereocenters. The first-order chi connectivity index (χ1) is 14.4. The Morgan fingerprint density at radius 2 is 1.67 bits per heavy atom. The summed E-state index contributed by atoms with van der Waals surface area (Å²) >= 11 is 0. The quantitative estimate of drug-likeness (QED) is 0.454. The van der Waals surface area contributed by atoms with Crippen molar-refractivity contribution < 1.29 is 18.3 Å². The lowest BCUT2D eigenvalue weighted by Crippen LogP contribution is -2.13. The molecule has 0 aliphatic rings. The number of carbonyl (C=O) groups is 1. The molecule has 6 nitrogen and oxygen atoms in total. The van der Waals surface area contributed by atoms with Gasteiger partial charge in [0.15, 0.2) is 0 Å². The van der Waals surface area contributed by atoms with E-state index in [0.717, 1.165) is 33.9 Å². The summed E-state index contributed by atoms with van der Waals surface area (Å²) in [5, 5.41) is 10.9. The molecule has 0 radical (unpaired) electrons. The SMILES string of the molecule is CCn1c2ccccc2c2cc(NS(=O)(=O)c3ccc(CCC(=O)O)cc3)ccc21. The van der Waals surface area contributed by atoms with Crippen LogP contribution < -0.4 is 4.72 Å². The minimum Gasteiger partial charge on any atom is -0.481 e. The normalized spacial score (nSPS) is 11.8. The number of nitrogens with one attached hydrogen (secondary N) is 1. The van der Waals surface area contributed by atoms with Crippen LogP contribution in [0, 0.1) is 0 Å². The Kier molecular flexibility index (Phi) is 5.22. The van der Waals surface area contributed by atoms with Gasteiger partial charge in [0.05, 0.1) is 4.90 Å². The molecule has 0 aliphatic carbocycles. The molecule has 0 fully saturated rings. The van der Waals surface area contributed by atoms with Crippen LogP contribution in [-0.4, -0.2) is 24.1 Å². The van der Waals surface area contributed by atoms with Crippen molar-refractivity contribution in [2.75, 3.05) is 4.72 Å². The number of fused-ring (bicyclic) bond motifs is 3. The van der Waals surface area contributed by atoms with E-state index in [1.54, 1.807) is 18.2 Å². The van der Waals surface area contributed by atoms with Gasteiger partial charge in [-0.05, 0) is 55.3 Å². The Hall–Kier alpha value is -3.32. The number of rotatable bonds is 7. The van der Waals surface area contributed by atoms with E-state index in [1.165, 1.54) is 12.1 Å². The van der Waals surface area contributed by atoms with E-state index in [9.17, 15) is 13.2 Å².